The van der Waals surface area contributed by atoms with Crippen molar-refractivity contribution in [2.24, 2.45) is 0 Å². The van der Waals surface area contributed by atoms with E-state index in [2.05, 4.69) is 36.9 Å². The van der Waals surface area contributed by atoms with Gasteiger partial charge in [-0.3, -0.25) is 4.90 Å². The first-order valence-corrected chi connectivity index (χ1v) is 11.4. The molecule has 182 valence electrons. The van der Waals surface area contributed by atoms with Crippen molar-refractivity contribution < 1.29 is 9.50 Å². The smallest absolute Gasteiger partial charge is 0.207 e. The number of para-hydroxylation sites is 1. The topological polar surface area (TPSA) is 108 Å². The van der Waals surface area contributed by atoms with Gasteiger partial charge < -0.3 is 20.6 Å². The molecule has 35 heavy (non-hydrogen) atoms. The molecule has 0 bridgehead atoms. The van der Waals surface area contributed by atoms with E-state index in [1.54, 1.807) is 18.2 Å². The average Bonchev–Trinajstić information content (AvgIpc) is 3.02. The van der Waals surface area contributed by atoms with E-state index in [-0.39, 0.29) is 17.6 Å². The zero-order valence-corrected chi connectivity index (χ0v) is 20.1. The Morgan fingerprint density at radius 2 is 2.00 bits per heavy atom. The van der Waals surface area contributed by atoms with Gasteiger partial charge in [0.2, 0.25) is 5.82 Å². The lowest BCUT2D eigenvalue weighted by molar-refractivity contribution is 0.464. The highest BCUT2D eigenvalue weighted by Crippen LogP contribution is 2.32. The molecule has 1 aliphatic heterocycles. The van der Waals surface area contributed by atoms with E-state index in [0.717, 1.165) is 12.1 Å². The summed E-state index contributed by atoms with van der Waals surface area (Å²) >= 11 is 0. The molecule has 0 saturated carbocycles. The zero-order valence-electron chi connectivity index (χ0n) is 20.1. The van der Waals surface area contributed by atoms with Crippen LogP contribution in [0, 0.1) is 17.7 Å². The third-order valence-corrected chi connectivity index (χ3v) is 5.87. The Labute approximate surface area is 204 Å². The van der Waals surface area contributed by atoms with Gasteiger partial charge in [-0.25, -0.2) is 14.4 Å². The van der Waals surface area contributed by atoms with Gasteiger partial charge in [0, 0.05) is 31.2 Å². The van der Waals surface area contributed by atoms with Gasteiger partial charge in [-0.05, 0) is 51.6 Å². The van der Waals surface area contributed by atoms with E-state index >= 15 is 0 Å². The summed E-state index contributed by atoms with van der Waals surface area (Å²) in [5.74, 6) is 6.40. The molecular formula is C25H29FN8O. The minimum absolute atomic E-state index is 0.0284. The highest BCUT2D eigenvalue weighted by molar-refractivity contribution is 5.74. The monoisotopic (exact) mass is 476 g/mol. The fraction of sp³-hybridized carbons (Fsp3) is 0.360. The molecule has 1 aromatic carbocycles. The van der Waals surface area contributed by atoms with Crippen LogP contribution in [0.2, 0.25) is 0 Å². The van der Waals surface area contributed by atoms with Gasteiger partial charge in [-0.2, -0.15) is 0 Å². The standard InChI is InChI=1S/C25H29FN8O/c1-17-10-12-33(21-15-20(30-31-24(21)27)18-7-4-5-8-22(18)35)13-14-34(17)25-19(26)16-28-23(29-25)9-6-11-32(2)3/h4-5,7-8,15-17,35H,10-14H2,1-3H3,(H2,27,31)/t17-/m1/s1. The number of hydrogen-bond acceptors (Lipinski definition) is 9. The van der Waals surface area contributed by atoms with Crippen LogP contribution in [0.4, 0.5) is 21.7 Å². The Morgan fingerprint density at radius 3 is 2.77 bits per heavy atom. The van der Waals surface area contributed by atoms with Crippen LogP contribution >= 0.6 is 0 Å². The van der Waals surface area contributed by atoms with Crippen molar-refractivity contribution in [3.05, 3.63) is 48.2 Å². The number of aromatic nitrogens is 4. The van der Waals surface area contributed by atoms with Crippen LogP contribution in [-0.4, -0.2) is 76.5 Å². The van der Waals surface area contributed by atoms with Crippen LogP contribution < -0.4 is 15.5 Å². The van der Waals surface area contributed by atoms with Crippen molar-refractivity contribution in [2.45, 2.75) is 19.4 Å². The highest BCUT2D eigenvalue weighted by Gasteiger charge is 2.26. The second-order valence-electron chi connectivity index (χ2n) is 8.74. The minimum atomic E-state index is -0.476. The van der Waals surface area contributed by atoms with Crippen molar-refractivity contribution in [2.75, 3.05) is 55.8 Å². The first-order chi connectivity index (χ1) is 16.8. The minimum Gasteiger partial charge on any atom is -0.507 e. The number of halogens is 1. The predicted octanol–water partition coefficient (Wildman–Crippen LogP) is 2.38. The first kappa shape index (κ1) is 24.2. The number of nitrogens with two attached hydrogens (primary N) is 1. The summed E-state index contributed by atoms with van der Waals surface area (Å²) < 4.78 is 14.8. The number of nitrogens with zero attached hydrogens (tertiary/aromatic N) is 7. The SMILES string of the molecule is C[C@@H]1CCN(c2cc(-c3ccccc3O)nnc2N)CCN1c1nc(C#CCN(C)C)ncc1F. The summed E-state index contributed by atoms with van der Waals surface area (Å²) in [7, 11) is 3.85. The lowest BCUT2D eigenvalue weighted by Crippen LogP contribution is -2.36. The van der Waals surface area contributed by atoms with Crippen molar-refractivity contribution in [3.63, 3.8) is 0 Å². The van der Waals surface area contributed by atoms with E-state index in [9.17, 15) is 9.50 Å². The van der Waals surface area contributed by atoms with Crippen molar-refractivity contribution in [1.82, 2.24) is 25.1 Å². The molecule has 4 rings (SSSR count). The number of benzene rings is 1. The van der Waals surface area contributed by atoms with Gasteiger partial charge in [0.15, 0.2) is 17.5 Å². The summed E-state index contributed by atoms with van der Waals surface area (Å²) in [5, 5.41) is 18.5. The van der Waals surface area contributed by atoms with Crippen molar-refractivity contribution >= 4 is 17.3 Å². The van der Waals surface area contributed by atoms with Gasteiger partial charge in [-0.1, -0.05) is 18.1 Å². The lowest BCUT2D eigenvalue weighted by Gasteiger charge is -2.28. The van der Waals surface area contributed by atoms with E-state index in [4.69, 9.17) is 5.73 Å². The molecule has 1 aliphatic rings. The summed E-state index contributed by atoms with van der Waals surface area (Å²) in [4.78, 5) is 14.4. The number of nitrogen functional groups attached to an aromatic ring is 1. The van der Waals surface area contributed by atoms with Crippen LogP contribution in [0.25, 0.3) is 11.3 Å². The summed E-state index contributed by atoms with van der Waals surface area (Å²) in [6.07, 6.45) is 1.93. The van der Waals surface area contributed by atoms with Gasteiger partial charge >= 0.3 is 0 Å². The van der Waals surface area contributed by atoms with E-state index < -0.39 is 5.82 Å². The normalized spacial score (nSPS) is 16.1. The third kappa shape index (κ3) is 5.58. The third-order valence-electron chi connectivity index (χ3n) is 5.87. The van der Waals surface area contributed by atoms with Crippen molar-refractivity contribution in [3.8, 4) is 28.8 Å². The molecule has 0 unspecified atom stereocenters. The molecule has 0 spiro atoms. The summed E-state index contributed by atoms with van der Waals surface area (Å²) in [6.45, 7) is 4.40. The molecular weight excluding hydrogens is 447 g/mol. The molecule has 3 N–H and O–H groups in total. The fourth-order valence-electron chi connectivity index (χ4n) is 3.98. The summed E-state index contributed by atoms with van der Waals surface area (Å²) in [6, 6.07) is 8.83. The van der Waals surface area contributed by atoms with Gasteiger partial charge in [0.1, 0.15) is 5.75 Å². The maximum Gasteiger partial charge on any atom is 0.207 e. The molecule has 0 aliphatic carbocycles. The number of aromatic hydroxyl groups is 1. The Balaban J connectivity index is 1.58. The average molecular weight is 477 g/mol. The maximum absolute atomic E-state index is 14.8. The number of anilines is 3. The Hall–Kier alpha value is -3.97. The fourth-order valence-corrected chi connectivity index (χ4v) is 3.98. The van der Waals surface area contributed by atoms with E-state index in [1.807, 2.05) is 43.0 Å². The molecule has 1 fully saturated rings. The lowest BCUT2D eigenvalue weighted by atomic mass is 10.1. The molecule has 1 atom stereocenters. The second kappa shape index (κ2) is 10.5. The largest absolute Gasteiger partial charge is 0.507 e. The Morgan fingerprint density at radius 1 is 1.20 bits per heavy atom. The quantitative estimate of drug-likeness (QED) is 0.549. The molecule has 10 heteroatoms. The van der Waals surface area contributed by atoms with Crippen molar-refractivity contribution in [1.29, 1.82) is 0 Å². The van der Waals surface area contributed by atoms with Crippen LogP contribution in [0.3, 0.4) is 0 Å². The molecule has 3 heterocycles. The van der Waals surface area contributed by atoms with Gasteiger partial charge in [-0.15, -0.1) is 10.2 Å². The molecule has 9 nitrogen and oxygen atoms in total. The summed E-state index contributed by atoms with van der Waals surface area (Å²) in [5.41, 5.74) is 8.03. The van der Waals surface area contributed by atoms with Crippen LogP contribution in [0.15, 0.2) is 36.5 Å². The first-order valence-electron chi connectivity index (χ1n) is 11.4. The van der Waals surface area contributed by atoms with E-state index in [1.165, 1.54) is 6.20 Å². The Kier molecular flexibility index (Phi) is 7.27. The molecule has 0 amide bonds. The van der Waals surface area contributed by atoms with Crippen LogP contribution in [-0.2, 0) is 0 Å². The molecule has 2 aromatic heterocycles. The van der Waals surface area contributed by atoms with Gasteiger partial charge in [0.05, 0.1) is 24.1 Å². The number of rotatable bonds is 4. The number of phenols is 1. The van der Waals surface area contributed by atoms with E-state index in [0.29, 0.717) is 49.1 Å². The van der Waals surface area contributed by atoms with Crippen LogP contribution in [0.1, 0.15) is 19.2 Å². The second-order valence-corrected chi connectivity index (χ2v) is 8.74. The maximum atomic E-state index is 14.8. The highest BCUT2D eigenvalue weighted by atomic mass is 19.1. The zero-order chi connectivity index (χ0) is 24.9. The van der Waals surface area contributed by atoms with Crippen LogP contribution in [0.5, 0.6) is 5.75 Å². The molecule has 1 saturated heterocycles. The van der Waals surface area contributed by atoms with Gasteiger partial charge in [0.25, 0.3) is 0 Å². The number of hydrogen-bond donors (Lipinski definition) is 2. The molecule has 3 aromatic rings. The Bertz CT molecular complexity index is 1260. The predicted molar refractivity (Wildman–Crippen MR) is 135 cm³/mol. The molecule has 0 radical (unpaired) electrons. The number of phenolic OH excluding ortho intramolecular Hbond substituents is 1.